The lowest BCUT2D eigenvalue weighted by Crippen LogP contribution is -2.34. The summed E-state index contributed by atoms with van der Waals surface area (Å²) >= 11 is 3.49. The molecule has 21 heavy (non-hydrogen) atoms. The zero-order valence-electron chi connectivity index (χ0n) is 12.3. The Labute approximate surface area is 134 Å². The molecule has 0 spiro atoms. The molecule has 2 aliphatic rings. The molecule has 3 unspecified atom stereocenters. The van der Waals surface area contributed by atoms with Gasteiger partial charge in [0, 0.05) is 23.6 Å². The molecule has 114 valence electrons. The number of carbonyl (C=O) groups is 1. The van der Waals surface area contributed by atoms with E-state index in [0.717, 1.165) is 29.7 Å². The first-order valence-electron chi connectivity index (χ1n) is 7.57. The van der Waals surface area contributed by atoms with Crippen LogP contribution in [0.4, 0.5) is 5.69 Å². The maximum absolute atomic E-state index is 12.2. The predicted octanol–water partition coefficient (Wildman–Crippen LogP) is 2.37. The number of rotatable bonds is 3. The quantitative estimate of drug-likeness (QED) is 0.878. The minimum atomic E-state index is 0.0492. The SMILES string of the molecule is Cc1ccc(NC(=O)CN2CC3CCC(N)C3C2)c(Br)c1. The van der Waals surface area contributed by atoms with Crippen LogP contribution in [0.25, 0.3) is 0 Å². The van der Waals surface area contributed by atoms with Crippen LogP contribution in [0.3, 0.4) is 0 Å². The number of hydrogen-bond acceptors (Lipinski definition) is 3. The fourth-order valence-corrected chi connectivity index (χ4v) is 4.24. The predicted molar refractivity (Wildman–Crippen MR) is 88.1 cm³/mol. The zero-order valence-corrected chi connectivity index (χ0v) is 13.9. The van der Waals surface area contributed by atoms with Crippen molar-refractivity contribution in [2.24, 2.45) is 17.6 Å². The van der Waals surface area contributed by atoms with Crippen LogP contribution in [0.2, 0.25) is 0 Å². The molecule has 3 atom stereocenters. The largest absolute Gasteiger partial charge is 0.327 e. The van der Waals surface area contributed by atoms with Crippen molar-refractivity contribution in [3.05, 3.63) is 28.2 Å². The fourth-order valence-electron chi connectivity index (χ4n) is 3.64. The summed E-state index contributed by atoms with van der Waals surface area (Å²) in [6.07, 6.45) is 2.36. The number of aryl methyl sites for hydroxylation is 1. The van der Waals surface area contributed by atoms with Gasteiger partial charge in [0.2, 0.25) is 5.91 Å². The topological polar surface area (TPSA) is 58.4 Å². The van der Waals surface area contributed by atoms with Gasteiger partial charge in [0.1, 0.15) is 0 Å². The molecular formula is C16H22BrN3O. The summed E-state index contributed by atoms with van der Waals surface area (Å²) in [6.45, 7) is 4.47. The van der Waals surface area contributed by atoms with E-state index in [2.05, 4.69) is 26.1 Å². The van der Waals surface area contributed by atoms with Gasteiger partial charge in [-0.05, 0) is 65.2 Å². The summed E-state index contributed by atoms with van der Waals surface area (Å²) < 4.78 is 0.927. The molecule has 1 aliphatic heterocycles. The number of carbonyl (C=O) groups excluding carboxylic acids is 1. The molecule has 2 fully saturated rings. The molecule has 1 amide bonds. The van der Waals surface area contributed by atoms with Crippen molar-refractivity contribution >= 4 is 27.5 Å². The molecule has 4 nitrogen and oxygen atoms in total. The van der Waals surface area contributed by atoms with Crippen LogP contribution in [0.1, 0.15) is 18.4 Å². The Bertz CT molecular complexity index is 548. The highest BCUT2D eigenvalue weighted by Gasteiger charge is 2.41. The molecule has 0 aromatic heterocycles. The van der Waals surface area contributed by atoms with Gasteiger partial charge in [-0.25, -0.2) is 0 Å². The lowest BCUT2D eigenvalue weighted by atomic mass is 9.98. The third kappa shape index (κ3) is 3.30. The van der Waals surface area contributed by atoms with Crippen LogP contribution < -0.4 is 11.1 Å². The summed E-state index contributed by atoms with van der Waals surface area (Å²) in [5.74, 6) is 1.33. The second-order valence-electron chi connectivity index (χ2n) is 6.39. The Morgan fingerprint density at radius 1 is 1.43 bits per heavy atom. The van der Waals surface area contributed by atoms with E-state index >= 15 is 0 Å². The number of halogens is 1. The maximum atomic E-state index is 12.2. The van der Waals surface area contributed by atoms with Crippen LogP contribution in [-0.2, 0) is 4.79 Å². The van der Waals surface area contributed by atoms with Gasteiger partial charge in [-0.3, -0.25) is 9.69 Å². The van der Waals surface area contributed by atoms with E-state index in [0.29, 0.717) is 24.4 Å². The highest BCUT2D eigenvalue weighted by Crippen LogP contribution is 2.36. The highest BCUT2D eigenvalue weighted by molar-refractivity contribution is 9.10. The molecule has 0 bridgehead atoms. The molecule has 1 aliphatic carbocycles. The number of hydrogen-bond donors (Lipinski definition) is 2. The summed E-state index contributed by atoms with van der Waals surface area (Å²) in [5, 5.41) is 2.98. The number of nitrogens with one attached hydrogen (secondary N) is 1. The van der Waals surface area contributed by atoms with E-state index in [1.54, 1.807) is 0 Å². The van der Waals surface area contributed by atoms with E-state index in [9.17, 15) is 4.79 Å². The van der Waals surface area contributed by atoms with Crippen molar-refractivity contribution in [2.45, 2.75) is 25.8 Å². The smallest absolute Gasteiger partial charge is 0.238 e. The first-order chi connectivity index (χ1) is 10.0. The molecular weight excluding hydrogens is 330 g/mol. The van der Waals surface area contributed by atoms with Gasteiger partial charge in [0.25, 0.3) is 0 Å². The Hall–Kier alpha value is -0.910. The van der Waals surface area contributed by atoms with Crippen LogP contribution in [0.5, 0.6) is 0 Å². The number of fused-ring (bicyclic) bond motifs is 1. The Morgan fingerprint density at radius 3 is 2.95 bits per heavy atom. The van der Waals surface area contributed by atoms with Gasteiger partial charge >= 0.3 is 0 Å². The lowest BCUT2D eigenvalue weighted by molar-refractivity contribution is -0.117. The van der Waals surface area contributed by atoms with Crippen molar-refractivity contribution < 1.29 is 4.79 Å². The molecule has 1 saturated heterocycles. The van der Waals surface area contributed by atoms with Gasteiger partial charge < -0.3 is 11.1 Å². The Balaban J connectivity index is 1.55. The molecule has 1 aromatic rings. The average Bonchev–Trinajstić information content (AvgIpc) is 2.95. The van der Waals surface area contributed by atoms with E-state index in [1.165, 1.54) is 12.0 Å². The molecule has 1 heterocycles. The van der Waals surface area contributed by atoms with Crippen LogP contribution >= 0.6 is 15.9 Å². The molecule has 1 aromatic carbocycles. The number of nitrogens with two attached hydrogens (primary N) is 1. The average molecular weight is 352 g/mol. The van der Waals surface area contributed by atoms with Crippen molar-refractivity contribution in [3.8, 4) is 0 Å². The summed E-state index contributed by atoms with van der Waals surface area (Å²) in [6, 6.07) is 6.27. The highest BCUT2D eigenvalue weighted by atomic mass is 79.9. The van der Waals surface area contributed by atoms with Crippen LogP contribution in [-0.4, -0.2) is 36.5 Å². The molecule has 5 heteroatoms. The van der Waals surface area contributed by atoms with Crippen LogP contribution in [0.15, 0.2) is 22.7 Å². The first-order valence-corrected chi connectivity index (χ1v) is 8.36. The number of amides is 1. The number of likely N-dealkylation sites (tertiary alicyclic amines) is 1. The number of nitrogens with zero attached hydrogens (tertiary/aromatic N) is 1. The minimum Gasteiger partial charge on any atom is -0.327 e. The van der Waals surface area contributed by atoms with Crippen molar-refractivity contribution in [1.82, 2.24) is 4.90 Å². The van der Waals surface area contributed by atoms with Gasteiger partial charge in [-0.2, -0.15) is 0 Å². The number of benzene rings is 1. The summed E-state index contributed by atoms with van der Waals surface area (Å²) in [4.78, 5) is 14.4. The molecule has 3 N–H and O–H groups in total. The van der Waals surface area contributed by atoms with Crippen LogP contribution in [0, 0.1) is 18.8 Å². The monoisotopic (exact) mass is 351 g/mol. The third-order valence-electron chi connectivity index (χ3n) is 4.75. The van der Waals surface area contributed by atoms with Crippen molar-refractivity contribution in [1.29, 1.82) is 0 Å². The molecule has 1 saturated carbocycles. The molecule has 0 radical (unpaired) electrons. The van der Waals surface area contributed by atoms with Gasteiger partial charge in [-0.15, -0.1) is 0 Å². The second-order valence-corrected chi connectivity index (χ2v) is 7.25. The lowest BCUT2D eigenvalue weighted by Gasteiger charge is -2.18. The van der Waals surface area contributed by atoms with E-state index in [-0.39, 0.29) is 5.91 Å². The Morgan fingerprint density at radius 2 is 2.24 bits per heavy atom. The van der Waals surface area contributed by atoms with E-state index in [4.69, 9.17) is 5.73 Å². The molecule has 3 rings (SSSR count). The number of anilines is 1. The standard InChI is InChI=1S/C16H22BrN3O/c1-10-2-5-15(13(17)6-10)19-16(21)9-20-7-11-3-4-14(18)12(11)8-20/h2,5-6,11-12,14H,3-4,7-9,18H2,1H3,(H,19,21). The van der Waals surface area contributed by atoms with E-state index in [1.807, 2.05) is 25.1 Å². The summed E-state index contributed by atoms with van der Waals surface area (Å²) in [5.41, 5.74) is 8.14. The van der Waals surface area contributed by atoms with Gasteiger partial charge in [0.15, 0.2) is 0 Å². The third-order valence-corrected chi connectivity index (χ3v) is 5.41. The fraction of sp³-hybridized carbons (Fsp3) is 0.562. The minimum absolute atomic E-state index is 0.0492. The normalized spacial score (nSPS) is 28.6. The van der Waals surface area contributed by atoms with Gasteiger partial charge in [0.05, 0.1) is 12.2 Å². The van der Waals surface area contributed by atoms with Crippen molar-refractivity contribution in [3.63, 3.8) is 0 Å². The second kappa shape index (κ2) is 6.07. The zero-order chi connectivity index (χ0) is 15.0. The first kappa shape index (κ1) is 15.0. The van der Waals surface area contributed by atoms with Crippen molar-refractivity contribution in [2.75, 3.05) is 25.0 Å². The van der Waals surface area contributed by atoms with Gasteiger partial charge in [-0.1, -0.05) is 6.07 Å². The maximum Gasteiger partial charge on any atom is 0.238 e. The van der Waals surface area contributed by atoms with E-state index < -0.39 is 0 Å². The summed E-state index contributed by atoms with van der Waals surface area (Å²) in [7, 11) is 0. The Kier molecular flexibility index (Phi) is 4.33.